The molecule has 0 saturated heterocycles. The van der Waals surface area contributed by atoms with Crippen LogP contribution in [0.1, 0.15) is 105 Å². The lowest BCUT2D eigenvalue weighted by atomic mass is 9.87. The highest BCUT2D eigenvalue weighted by molar-refractivity contribution is 7.98. The van der Waals surface area contributed by atoms with Crippen molar-refractivity contribution in [3.8, 4) is 0 Å². The molecule has 262 valence electrons. The van der Waals surface area contributed by atoms with Crippen LogP contribution in [-0.4, -0.2) is 60.7 Å². The van der Waals surface area contributed by atoms with Crippen molar-refractivity contribution >= 4 is 29.5 Å². The van der Waals surface area contributed by atoms with Crippen molar-refractivity contribution in [2.75, 3.05) is 31.7 Å². The summed E-state index contributed by atoms with van der Waals surface area (Å²) in [7, 11) is 0. The van der Waals surface area contributed by atoms with Gasteiger partial charge in [-0.3, -0.25) is 14.4 Å². The molecule has 46 heavy (non-hydrogen) atoms. The largest absolute Gasteiger partial charge is 0.465 e. The third-order valence-electron chi connectivity index (χ3n) is 6.46. The molecule has 0 aliphatic carbocycles. The molecule has 1 atom stereocenters. The highest BCUT2D eigenvalue weighted by atomic mass is 32.2. The number of hydrogen-bond acceptors (Lipinski definition) is 6. The average Bonchev–Trinajstić information content (AvgIpc) is 3.03. The molecule has 0 aliphatic rings. The van der Waals surface area contributed by atoms with Crippen LogP contribution in [0.5, 0.6) is 0 Å². The normalized spacial score (nSPS) is 12.8. The van der Waals surface area contributed by atoms with Gasteiger partial charge < -0.3 is 20.5 Å². The Balaban J connectivity index is 0. The molecule has 0 aliphatic heterocycles. The molecule has 0 aromatic heterocycles. The highest BCUT2D eigenvalue weighted by Gasteiger charge is 2.34. The molecule has 0 heterocycles. The SMILES string of the molecule is CC/C=C\C/C=C\C/C=C\C/C=C\C/C=C\C/C=C\CC(=O)OCC(C)(C)[C@@H](O)C(=O)NCCC(=O)NCCSC.CCCCC. The minimum absolute atomic E-state index is 0.0990. The van der Waals surface area contributed by atoms with Crippen molar-refractivity contribution in [2.24, 2.45) is 5.41 Å². The van der Waals surface area contributed by atoms with E-state index >= 15 is 0 Å². The maximum absolute atomic E-state index is 12.3. The standard InChI is InChI=1S/C33H52N2O5S.C5H12/c1-5-6-7-8-9-10-11-12-13-14-15-16-17-18-19-20-21-22-23-30(37)40-28-33(2,3)31(38)32(39)35-25-24-29(36)34-26-27-41-4;1-3-5-4-2/h6-7,9-10,12-13,15-16,18-19,21-22,31,38H,5,8,11,14,17,20,23-28H2,1-4H3,(H,34,36)(H,35,39);3-5H2,1-2H3/b7-6-,10-9-,13-12-,16-15-,19-18-,22-21-;/t31-;/m0./s1. The fourth-order valence-corrected chi connectivity index (χ4v) is 3.90. The highest BCUT2D eigenvalue weighted by Crippen LogP contribution is 2.21. The molecule has 0 spiro atoms. The molecule has 0 fully saturated rings. The second kappa shape index (κ2) is 33.5. The van der Waals surface area contributed by atoms with Gasteiger partial charge in [0.25, 0.3) is 0 Å². The van der Waals surface area contributed by atoms with Crippen LogP contribution in [-0.2, 0) is 19.1 Å². The Morgan fingerprint density at radius 2 is 1.22 bits per heavy atom. The molecule has 8 heteroatoms. The second-order valence-corrected chi connectivity index (χ2v) is 12.4. The first kappa shape index (κ1) is 45.3. The summed E-state index contributed by atoms with van der Waals surface area (Å²) >= 11 is 1.63. The van der Waals surface area contributed by atoms with Gasteiger partial charge in [0.15, 0.2) is 0 Å². The zero-order valence-electron chi connectivity index (χ0n) is 29.6. The Hall–Kier alpha value is -2.84. The maximum atomic E-state index is 12.3. The summed E-state index contributed by atoms with van der Waals surface area (Å²) in [5.74, 6) is -0.354. The number of esters is 1. The quantitative estimate of drug-likeness (QED) is 0.0518. The summed E-state index contributed by atoms with van der Waals surface area (Å²) in [5, 5.41) is 15.7. The number of nitrogens with one attached hydrogen (secondary N) is 2. The molecule has 0 unspecified atom stereocenters. The Morgan fingerprint density at radius 1 is 0.739 bits per heavy atom. The number of carbonyl (C=O) groups excluding carboxylic acids is 3. The van der Waals surface area contributed by atoms with Gasteiger partial charge in [-0.2, -0.15) is 11.8 Å². The van der Waals surface area contributed by atoms with Crippen LogP contribution in [0.15, 0.2) is 72.9 Å². The van der Waals surface area contributed by atoms with Crippen LogP contribution in [0.2, 0.25) is 0 Å². The van der Waals surface area contributed by atoms with Crippen LogP contribution in [0, 0.1) is 5.41 Å². The summed E-state index contributed by atoms with van der Waals surface area (Å²) in [4.78, 5) is 36.0. The van der Waals surface area contributed by atoms with E-state index in [-0.39, 0.29) is 31.9 Å². The molecule has 7 nitrogen and oxygen atoms in total. The summed E-state index contributed by atoms with van der Waals surface area (Å²) in [6, 6.07) is 0. The van der Waals surface area contributed by atoms with Crippen molar-refractivity contribution < 1.29 is 24.2 Å². The Morgan fingerprint density at radius 3 is 1.65 bits per heavy atom. The summed E-state index contributed by atoms with van der Waals surface area (Å²) in [6.07, 6.45) is 35.6. The second-order valence-electron chi connectivity index (χ2n) is 11.4. The van der Waals surface area contributed by atoms with Crippen LogP contribution in [0.25, 0.3) is 0 Å². The van der Waals surface area contributed by atoms with Gasteiger partial charge in [0.1, 0.15) is 6.10 Å². The minimum Gasteiger partial charge on any atom is -0.465 e. The average molecular weight is 661 g/mol. The van der Waals surface area contributed by atoms with Crippen LogP contribution >= 0.6 is 11.8 Å². The number of unbranched alkanes of at least 4 members (excludes halogenated alkanes) is 2. The van der Waals surface area contributed by atoms with Crippen molar-refractivity contribution in [3.63, 3.8) is 0 Å². The number of aliphatic hydroxyl groups is 1. The van der Waals surface area contributed by atoms with Gasteiger partial charge in [-0.1, -0.05) is 127 Å². The lowest BCUT2D eigenvalue weighted by molar-refractivity contribution is -0.152. The van der Waals surface area contributed by atoms with Gasteiger partial charge in [0.2, 0.25) is 11.8 Å². The molecular formula is C38H64N2O5S. The molecule has 0 aromatic carbocycles. The van der Waals surface area contributed by atoms with Gasteiger partial charge in [0.05, 0.1) is 13.0 Å². The van der Waals surface area contributed by atoms with E-state index in [1.54, 1.807) is 31.7 Å². The van der Waals surface area contributed by atoms with E-state index in [2.05, 4.69) is 86.1 Å². The number of amides is 2. The van der Waals surface area contributed by atoms with Crippen molar-refractivity contribution in [3.05, 3.63) is 72.9 Å². The van der Waals surface area contributed by atoms with E-state index in [1.165, 1.54) is 19.3 Å². The number of ether oxygens (including phenoxy) is 1. The third-order valence-corrected chi connectivity index (χ3v) is 7.07. The smallest absolute Gasteiger partial charge is 0.309 e. The van der Waals surface area contributed by atoms with Crippen LogP contribution < -0.4 is 10.6 Å². The molecule has 2 amide bonds. The first-order valence-corrected chi connectivity index (χ1v) is 18.3. The molecule has 0 saturated carbocycles. The molecule has 0 aromatic rings. The summed E-state index contributed by atoms with van der Waals surface area (Å²) in [6.45, 7) is 10.5. The lowest BCUT2D eigenvalue weighted by Crippen LogP contribution is -2.47. The summed E-state index contributed by atoms with van der Waals surface area (Å²) < 4.78 is 5.27. The topological polar surface area (TPSA) is 105 Å². The van der Waals surface area contributed by atoms with Gasteiger partial charge in [0, 0.05) is 30.7 Å². The number of thioether (sulfide) groups is 1. The first-order valence-electron chi connectivity index (χ1n) is 16.9. The third kappa shape index (κ3) is 31.2. The van der Waals surface area contributed by atoms with Gasteiger partial charge in [-0.25, -0.2) is 0 Å². The van der Waals surface area contributed by atoms with Gasteiger partial charge >= 0.3 is 5.97 Å². The monoisotopic (exact) mass is 660 g/mol. The summed E-state index contributed by atoms with van der Waals surface area (Å²) in [5.41, 5.74) is -0.973. The molecule has 0 radical (unpaired) electrons. The Bertz CT molecular complexity index is 949. The predicted octanol–water partition coefficient (Wildman–Crippen LogP) is 8.19. The zero-order chi connectivity index (χ0) is 34.7. The van der Waals surface area contributed by atoms with Crippen molar-refractivity contribution in [2.45, 2.75) is 111 Å². The number of aliphatic hydroxyl groups excluding tert-OH is 1. The minimum atomic E-state index is -1.37. The molecular weight excluding hydrogens is 596 g/mol. The van der Waals surface area contributed by atoms with Gasteiger partial charge in [-0.15, -0.1) is 0 Å². The number of hydrogen-bond donors (Lipinski definition) is 3. The molecule has 3 N–H and O–H groups in total. The predicted molar refractivity (Wildman–Crippen MR) is 198 cm³/mol. The number of rotatable bonds is 25. The van der Waals surface area contributed by atoms with E-state index < -0.39 is 23.4 Å². The van der Waals surface area contributed by atoms with E-state index in [9.17, 15) is 19.5 Å². The number of allylic oxidation sites excluding steroid dienone is 11. The maximum Gasteiger partial charge on any atom is 0.309 e. The molecule has 0 rings (SSSR count). The van der Waals surface area contributed by atoms with Crippen LogP contribution in [0.4, 0.5) is 0 Å². The van der Waals surface area contributed by atoms with E-state index in [0.717, 1.165) is 44.3 Å². The van der Waals surface area contributed by atoms with Crippen LogP contribution in [0.3, 0.4) is 0 Å². The van der Waals surface area contributed by atoms with E-state index in [1.807, 2.05) is 18.4 Å². The van der Waals surface area contributed by atoms with Crippen molar-refractivity contribution in [1.82, 2.24) is 10.6 Å². The molecule has 0 bridgehead atoms. The van der Waals surface area contributed by atoms with Gasteiger partial charge in [-0.05, 0) is 44.8 Å². The lowest BCUT2D eigenvalue weighted by Gasteiger charge is -2.28. The zero-order valence-corrected chi connectivity index (χ0v) is 30.4. The van der Waals surface area contributed by atoms with Crippen molar-refractivity contribution in [1.29, 1.82) is 0 Å². The first-order chi connectivity index (χ1) is 22.2. The van der Waals surface area contributed by atoms with E-state index in [4.69, 9.17) is 4.74 Å². The fraction of sp³-hybridized carbons (Fsp3) is 0.605. The fourth-order valence-electron chi connectivity index (χ4n) is 3.59. The Kier molecular flexibility index (Phi) is 33.0. The Labute approximate surface area is 285 Å². The number of carbonyl (C=O) groups is 3. The van der Waals surface area contributed by atoms with E-state index in [0.29, 0.717) is 6.54 Å².